The summed E-state index contributed by atoms with van der Waals surface area (Å²) >= 11 is 0. The van der Waals surface area contributed by atoms with Crippen molar-refractivity contribution in [2.45, 2.75) is 45.2 Å². The fourth-order valence-corrected chi connectivity index (χ4v) is 1.75. The Labute approximate surface area is 86.4 Å². The molecule has 0 bridgehead atoms. The Morgan fingerprint density at radius 1 is 1.21 bits per heavy atom. The lowest BCUT2D eigenvalue weighted by Crippen LogP contribution is -2.44. The lowest BCUT2D eigenvalue weighted by atomic mass is 9.74. The van der Waals surface area contributed by atoms with Gasteiger partial charge < -0.3 is 14.0 Å². The Kier molecular flexibility index (Phi) is 2.83. The van der Waals surface area contributed by atoms with Crippen molar-refractivity contribution in [3.8, 4) is 0 Å². The minimum atomic E-state index is -1.53. The van der Waals surface area contributed by atoms with Crippen LogP contribution >= 0.6 is 0 Å². The van der Waals surface area contributed by atoms with Crippen LogP contribution in [0.5, 0.6) is 0 Å². The Bertz CT molecular complexity index is 220. The van der Waals surface area contributed by atoms with Crippen molar-refractivity contribution in [1.29, 1.82) is 0 Å². The van der Waals surface area contributed by atoms with E-state index in [-0.39, 0.29) is 11.2 Å². The van der Waals surface area contributed by atoms with Crippen molar-refractivity contribution in [2.24, 2.45) is 0 Å². The Hall–Kier alpha value is -0.315. The van der Waals surface area contributed by atoms with Gasteiger partial charge in [-0.2, -0.15) is 0 Å². The highest BCUT2D eigenvalue weighted by molar-refractivity contribution is 6.61. The first kappa shape index (κ1) is 11.8. The normalized spacial score (nSPS) is 27.5. The first-order chi connectivity index (χ1) is 6.29. The largest absolute Gasteiger partial charge is 0.635 e. The molecule has 0 aromatic carbocycles. The second kappa shape index (κ2) is 3.37. The Balaban J connectivity index is 2.92. The van der Waals surface area contributed by atoms with Gasteiger partial charge in [-0.05, 0) is 34.0 Å². The molecule has 1 aliphatic heterocycles. The van der Waals surface area contributed by atoms with E-state index in [0.29, 0.717) is 6.32 Å². The minimum absolute atomic E-state index is 0.310. The van der Waals surface area contributed by atoms with Crippen LogP contribution in [0.2, 0.25) is 6.32 Å². The van der Waals surface area contributed by atoms with Crippen LogP contribution in [0.3, 0.4) is 0 Å². The van der Waals surface area contributed by atoms with Gasteiger partial charge in [0.1, 0.15) is 0 Å². The van der Waals surface area contributed by atoms with Gasteiger partial charge in [0.05, 0.1) is 18.3 Å². The van der Waals surface area contributed by atoms with E-state index in [9.17, 15) is 0 Å². The second-order valence-electron chi connectivity index (χ2n) is 4.86. The summed E-state index contributed by atoms with van der Waals surface area (Å²) in [5, 5.41) is 0. The Morgan fingerprint density at radius 3 is 1.93 bits per heavy atom. The van der Waals surface area contributed by atoms with Crippen molar-refractivity contribution in [1.82, 2.24) is 0 Å². The molecule has 1 fully saturated rings. The highest BCUT2D eigenvalue weighted by Gasteiger charge is 2.57. The quantitative estimate of drug-likeness (QED) is 0.395. The molecule has 0 spiro atoms. The monoisotopic (exact) mass is 200 g/mol. The van der Waals surface area contributed by atoms with Gasteiger partial charge in [0.2, 0.25) is 0 Å². The molecular formula is C10H21BO3. The van der Waals surface area contributed by atoms with Crippen molar-refractivity contribution in [3.05, 3.63) is 12.7 Å². The van der Waals surface area contributed by atoms with Crippen molar-refractivity contribution in [3.63, 3.8) is 0 Å². The lowest BCUT2D eigenvalue weighted by molar-refractivity contribution is 0.00578. The van der Waals surface area contributed by atoms with E-state index in [1.54, 1.807) is 13.2 Å². The molecule has 1 N–H and O–H groups in total. The third-order valence-corrected chi connectivity index (χ3v) is 3.27. The summed E-state index contributed by atoms with van der Waals surface area (Å²) in [5.41, 5.74) is -0.620. The van der Waals surface area contributed by atoms with Crippen LogP contribution in [0, 0.1) is 0 Å². The van der Waals surface area contributed by atoms with E-state index in [4.69, 9.17) is 9.31 Å². The van der Waals surface area contributed by atoms with Gasteiger partial charge in [-0.15, -0.1) is 12.7 Å². The maximum atomic E-state index is 5.94. The zero-order valence-electron chi connectivity index (χ0n) is 9.83. The lowest BCUT2D eigenvalue weighted by Gasteiger charge is -2.35. The Morgan fingerprint density at radius 2 is 1.64 bits per heavy atom. The van der Waals surface area contributed by atoms with Gasteiger partial charge in [-0.25, -0.2) is 0 Å². The van der Waals surface area contributed by atoms with Crippen LogP contribution in [-0.2, 0) is 9.31 Å². The SMILES string of the molecule is C=CC[B-]1([OH+]C)OC(C)(C)C(C)(C)O1. The van der Waals surface area contributed by atoms with Gasteiger partial charge in [0.15, 0.2) is 0 Å². The van der Waals surface area contributed by atoms with E-state index < -0.39 is 6.75 Å². The van der Waals surface area contributed by atoms with Gasteiger partial charge in [-0.1, -0.05) is 0 Å². The molecule has 1 saturated heterocycles. The van der Waals surface area contributed by atoms with Crippen LogP contribution in [0.1, 0.15) is 27.7 Å². The number of allylic oxidation sites excluding steroid dienone is 1. The van der Waals surface area contributed by atoms with Crippen LogP contribution in [0.25, 0.3) is 0 Å². The summed E-state index contributed by atoms with van der Waals surface area (Å²) in [5.74, 6) is 0. The van der Waals surface area contributed by atoms with Crippen LogP contribution in [0.4, 0.5) is 0 Å². The molecule has 3 nitrogen and oxygen atoms in total. The third kappa shape index (κ3) is 1.74. The zero-order valence-corrected chi connectivity index (χ0v) is 9.83. The zero-order chi connectivity index (χ0) is 11.0. The molecule has 0 atom stereocenters. The first-order valence-electron chi connectivity index (χ1n) is 5.06. The van der Waals surface area contributed by atoms with Crippen molar-refractivity contribution >= 4 is 6.75 Å². The molecule has 14 heavy (non-hydrogen) atoms. The highest BCUT2D eigenvalue weighted by Crippen LogP contribution is 2.42. The molecule has 0 aliphatic carbocycles. The fourth-order valence-electron chi connectivity index (χ4n) is 1.75. The maximum absolute atomic E-state index is 5.94. The molecule has 0 saturated carbocycles. The second-order valence-corrected chi connectivity index (χ2v) is 4.86. The average Bonchev–Trinajstić information content (AvgIpc) is 2.19. The van der Waals surface area contributed by atoms with E-state index in [1.807, 2.05) is 27.7 Å². The number of hydrogen-bond donors (Lipinski definition) is 0. The summed E-state index contributed by atoms with van der Waals surface area (Å²) in [6, 6.07) is 0. The minimum Gasteiger partial charge on any atom is -0.635 e. The number of hydrogen-bond acceptors (Lipinski definition) is 2. The van der Waals surface area contributed by atoms with Gasteiger partial charge in [0, 0.05) is 0 Å². The molecular weight excluding hydrogens is 179 g/mol. The molecule has 0 amide bonds. The van der Waals surface area contributed by atoms with E-state index in [2.05, 4.69) is 11.2 Å². The summed E-state index contributed by atoms with van der Waals surface area (Å²) in [7, 11) is 1.74. The molecule has 82 valence electrons. The average molecular weight is 200 g/mol. The molecule has 1 aliphatic rings. The number of rotatable bonds is 3. The van der Waals surface area contributed by atoms with Crippen LogP contribution in [0.15, 0.2) is 12.7 Å². The van der Waals surface area contributed by atoms with Gasteiger partial charge in [0.25, 0.3) is 0 Å². The predicted octanol–water partition coefficient (Wildman–Crippen LogP) is 1.87. The van der Waals surface area contributed by atoms with Crippen LogP contribution in [-0.4, -0.2) is 29.7 Å². The van der Waals surface area contributed by atoms with E-state index in [1.165, 1.54) is 0 Å². The van der Waals surface area contributed by atoms with Crippen LogP contribution < -0.4 is 0 Å². The summed E-state index contributed by atoms with van der Waals surface area (Å²) in [4.78, 5) is 0. The summed E-state index contributed by atoms with van der Waals surface area (Å²) in [6.07, 6.45) is 2.44. The smallest absolute Gasteiger partial charge is 0.573 e. The summed E-state index contributed by atoms with van der Waals surface area (Å²) < 4.78 is 16.1. The van der Waals surface area contributed by atoms with Gasteiger partial charge >= 0.3 is 6.75 Å². The number of aliphatic hydroxyl groups is 1. The molecule has 0 unspecified atom stereocenters. The third-order valence-electron chi connectivity index (χ3n) is 3.27. The molecule has 1 rings (SSSR count). The highest BCUT2D eigenvalue weighted by atomic mass is 16.8. The molecule has 0 aromatic heterocycles. The molecule has 0 radical (unpaired) electrons. The van der Waals surface area contributed by atoms with Crippen molar-refractivity contribution in [2.75, 3.05) is 7.11 Å². The summed E-state index contributed by atoms with van der Waals surface area (Å²) in [6.45, 7) is 10.3. The maximum Gasteiger partial charge on any atom is 0.573 e. The van der Waals surface area contributed by atoms with E-state index in [0.717, 1.165) is 0 Å². The topological polar surface area (TPSA) is 31.3 Å². The van der Waals surface area contributed by atoms with Gasteiger partial charge in [-0.3, -0.25) is 0 Å². The predicted molar refractivity (Wildman–Crippen MR) is 59.2 cm³/mol. The molecule has 4 heteroatoms. The standard InChI is InChI=1S/C10H21BO3/c1-7-8-11(12-6)13-9(2,3)10(4,5)14-11/h7,12H,1,8H2,2-6H3. The first-order valence-corrected chi connectivity index (χ1v) is 5.06. The molecule has 1 heterocycles. The van der Waals surface area contributed by atoms with E-state index >= 15 is 0 Å². The molecule has 0 aromatic rings. The van der Waals surface area contributed by atoms with Crippen molar-refractivity contribution < 1.29 is 14.0 Å². The fraction of sp³-hybridized carbons (Fsp3) is 0.800.